The first-order chi connectivity index (χ1) is 12.2. The lowest BCUT2D eigenvalue weighted by Crippen LogP contribution is -2.04. The maximum absolute atomic E-state index is 12.0. The third-order valence-corrected chi connectivity index (χ3v) is 3.68. The minimum Gasteiger partial charge on any atom is -0.504 e. The van der Waals surface area contributed by atoms with Crippen molar-refractivity contribution in [2.75, 3.05) is 13.2 Å². The van der Waals surface area contributed by atoms with Gasteiger partial charge in [0.15, 0.2) is 5.75 Å². The Labute approximate surface area is 146 Å². The molecule has 2 N–H and O–H groups in total. The highest BCUT2D eigenvalue weighted by Crippen LogP contribution is 2.33. The Balaban J connectivity index is 2.10. The first-order valence-corrected chi connectivity index (χ1v) is 8.52. The Kier molecular flexibility index (Phi) is 7.35. The van der Waals surface area contributed by atoms with Gasteiger partial charge in [-0.05, 0) is 31.1 Å². The average Bonchev–Trinajstić information content (AvgIpc) is 2.61. The summed E-state index contributed by atoms with van der Waals surface area (Å²) >= 11 is 0. The zero-order valence-corrected chi connectivity index (χ0v) is 14.4. The molecule has 6 nitrogen and oxygen atoms in total. The standard InChI is InChI=1S/C19H24O6/c1-2-3-4-5-6-7-11-24-18-17(21)15-9-8-14(23-12-10-20)13-16(15)25-19(18)22/h7-9,11,13,20-21H,2-6,10,12H2,1H3/b11-7+. The van der Waals surface area contributed by atoms with E-state index in [1.165, 1.54) is 25.2 Å². The van der Waals surface area contributed by atoms with Gasteiger partial charge >= 0.3 is 5.63 Å². The van der Waals surface area contributed by atoms with E-state index in [4.69, 9.17) is 19.0 Å². The van der Waals surface area contributed by atoms with Gasteiger partial charge in [0.1, 0.15) is 17.9 Å². The van der Waals surface area contributed by atoms with Crippen LogP contribution in [0.5, 0.6) is 17.2 Å². The average molecular weight is 348 g/mol. The van der Waals surface area contributed by atoms with Crippen molar-refractivity contribution >= 4 is 11.0 Å². The molecule has 0 amide bonds. The van der Waals surface area contributed by atoms with E-state index in [0.29, 0.717) is 11.1 Å². The monoisotopic (exact) mass is 348 g/mol. The van der Waals surface area contributed by atoms with Crippen LogP contribution in [0.4, 0.5) is 0 Å². The van der Waals surface area contributed by atoms with Gasteiger partial charge in [0.2, 0.25) is 0 Å². The Morgan fingerprint density at radius 1 is 1.24 bits per heavy atom. The van der Waals surface area contributed by atoms with E-state index in [2.05, 4.69) is 6.92 Å². The second kappa shape index (κ2) is 9.74. The highest BCUT2D eigenvalue weighted by atomic mass is 16.5. The van der Waals surface area contributed by atoms with Crippen molar-refractivity contribution in [1.82, 2.24) is 0 Å². The van der Waals surface area contributed by atoms with Crippen molar-refractivity contribution in [2.45, 2.75) is 39.0 Å². The molecule has 136 valence electrons. The van der Waals surface area contributed by atoms with Crippen molar-refractivity contribution in [3.05, 3.63) is 41.0 Å². The molecule has 25 heavy (non-hydrogen) atoms. The molecule has 2 aromatic rings. The van der Waals surface area contributed by atoms with E-state index in [1.807, 2.05) is 6.08 Å². The summed E-state index contributed by atoms with van der Waals surface area (Å²) in [6, 6.07) is 4.67. The van der Waals surface area contributed by atoms with Gasteiger partial charge in [-0.15, -0.1) is 0 Å². The predicted molar refractivity (Wildman–Crippen MR) is 95.3 cm³/mol. The number of fused-ring (bicyclic) bond motifs is 1. The Hall–Kier alpha value is -2.47. The molecule has 6 heteroatoms. The van der Waals surface area contributed by atoms with Crippen molar-refractivity contribution in [3.63, 3.8) is 0 Å². The molecule has 0 aliphatic rings. The molecular formula is C19H24O6. The Morgan fingerprint density at radius 3 is 2.84 bits per heavy atom. The molecule has 0 bridgehead atoms. The van der Waals surface area contributed by atoms with Crippen LogP contribution in [-0.4, -0.2) is 23.4 Å². The van der Waals surface area contributed by atoms with Gasteiger partial charge in [0.05, 0.1) is 18.3 Å². The molecule has 0 fully saturated rings. The molecule has 1 aromatic heterocycles. The van der Waals surface area contributed by atoms with Crippen LogP contribution in [0.25, 0.3) is 11.0 Å². The van der Waals surface area contributed by atoms with Gasteiger partial charge in [0, 0.05) is 6.07 Å². The predicted octanol–water partition coefficient (Wildman–Crippen LogP) is 3.73. The van der Waals surface area contributed by atoms with Crippen molar-refractivity contribution < 1.29 is 24.1 Å². The van der Waals surface area contributed by atoms with E-state index in [-0.39, 0.29) is 30.3 Å². The van der Waals surface area contributed by atoms with E-state index in [0.717, 1.165) is 19.3 Å². The number of aromatic hydroxyl groups is 1. The van der Waals surface area contributed by atoms with Gasteiger partial charge in [-0.1, -0.05) is 26.2 Å². The molecule has 0 aliphatic carbocycles. The van der Waals surface area contributed by atoms with E-state index in [9.17, 15) is 9.90 Å². The molecule has 0 aliphatic heterocycles. The van der Waals surface area contributed by atoms with Gasteiger partial charge < -0.3 is 24.1 Å². The van der Waals surface area contributed by atoms with Crippen LogP contribution in [0.15, 0.2) is 39.7 Å². The van der Waals surface area contributed by atoms with Crippen LogP contribution in [-0.2, 0) is 0 Å². The van der Waals surface area contributed by atoms with E-state index < -0.39 is 5.63 Å². The topological polar surface area (TPSA) is 89.1 Å². The fourth-order valence-corrected chi connectivity index (χ4v) is 2.38. The zero-order chi connectivity index (χ0) is 18.1. The summed E-state index contributed by atoms with van der Waals surface area (Å²) in [5, 5.41) is 19.4. The third kappa shape index (κ3) is 5.26. The van der Waals surface area contributed by atoms with Crippen molar-refractivity contribution in [3.8, 4) is 17.2 Å². The summed E-state index contributed by atoms with van der Waals surface area (Å²) in [6.07, 6.45) is 8.68. The first kappa shape index (κ1) is 18.9. The van der Waals surface area contributed by atoms with E-state index >= 15 is 0 Å². The zero-order valence-electron chi connectivity index (χ0n) is 14.4. The molecule has 0 atom stereocenters. The number of unbranched alkanes of at least 4 members (excludes halogenated alkanes) is 4. The molecule has 0 saturated carbocycles. The van der Waals surface area contributed by atoms with Crippen LogP contribution >= 0.6 is 0 Å². The summed E-state index contributed by atoms with van der Waals surface area (Å²) in [6.45, 7) is 2.17. The number of hydrogen-bond acceptors (Lipinski definition) is 6. The van der Waals surface area contributed by atoms with Crippen LogP contribution in [0.1, 0.15) is 39.0 Å². The van der Waals surface area contributed by atoms with Crippen LogP contribution in [0, 0.1) is 0 Å². The first-order valence-electron chi connectivity index (χ1n) is 8.52. The fraction of sp³-hybridized carbons (Fsp3) is 0.421. The van der Waals surface area contributed by atoms with Gasteiger partial charge in [-0.3, -0.25) is 0 Å². The Morgan fingerprint density at radius 2 is 2.08 bits per heavy atom. The third-order valence-electron chi connectivity index (χ3n) is 3.68. The molecule has 2 rings (SSSR count). The number of ether oxygens (including phenoxy) is 2. The largest absolute Gasteiger partial charge is 0.504 e. The van der Waals surface area contributed by atoms with Crippen LogP contribution in [0.3, 0.4) is 0 Å². The molecular weight excluding hydrogens is 324 g/mol. The maximum atomic E-state index is 12.0. The minimum absolute atomic E-state index is 0.120. The van der Waals surface area contributed by atoms with Crippen molar-refractivity contribution in [2.24, 2.45) is 0 Å². The lowest BCUT2D eigenvalue weighted by Gasteiger charge is -2.08. The lowest BCUT2D eigenvalue weighted by molar-refractivity contribution is 0.201. The summed E-state index contributed by atoms with van der Waals surface area (Å²) in [5.74, 6) is -0.0679. The normalized spacial score (nSPS) is 11.3. The highest BCUT2D eigenvalue weighted by molar-refractivity contribution is 5.86. The second-order valence-electron chi connectivity index (χ2n) is 5.64. The molecule has 1 heterocycles. The SMILES string of the molecule is CCCCCC/C=C/Oc1c(O)c2ccc(OCCO)cc2oc1=O. The second-order valence-corrected chi connectivity index (χ2v) is 5.64. The minimum atomic E-state index is -0.764. The summed E-state index contributed by atoms with van der Waals surface area (Å²) < 4.78 is 15.7. The van der Waals surface area contributed by atoms with Gasteiger partial charge in [-0.25, -0.2) is 4.79 Å². The highest BCUT2D eigenvalue weighted by Gasteiger charge is 2.15. The quantitative estimate of drug-likeness (QED) is 0.386. The lowest BCUT2D eigenvalue weighted by atomic mass is 10.1. The molecule has 0 spiro atoms. The number of hydrogen-bond donors (Lipinski definition) is 2. The number of allylic oxidation sites excluding steroid dienone is 1. The molecule has 0 unspecified atom stereocenters. The summed E-state index contributed by atoms with van der Waals surface area (Å²) in [5.41, 5.74) is -0.575. The molecule has 0 radical (unpaired) electrons. The molecule has 0 saturated heterocycles. The van der Waals surface area contributed by atoms with Crippen molar-refractivity contribution in [1.29, 1.82) is 0 Å². The molecule has 1 aromatic carbocycles. The van der Waals surface area contributed by atoms with E-state index in [1.54, 1.807) is 12.1 Å². The maximum Gasteiger partial charge on any atom is 0.383 e. The van der Waals surface area contributed by atoms with Crippen LogP contribution in [0.2, 0.25) is 0 Å². The summed E-state index contributed by atoms with van der Waals surface area (Å²) in [7, 11) is 0. The number of aliphatic hydroxyl groups is 1. The Bertz CT molecular complexity index is 762. The van der Waals surface area contributed by atoms with Crippen LogP contribution < -0.4 is 15.1 Å². The van der Waals surface area contributed by atoms with Gasteiger partial charge in [0.25, 0.3) is 5.75 Å². The fourth-order valence-electron chi connectivity index (χ4n) is 2.38. The summed E-state index contributed by atoms with van der Waals surface area (Å²) in [4.78, 5) is 12.0. The number of benzene rings is 1. The smallest absolute Gasteiger partial charge is 0.383 e. The van der Waals surface area contributed by atoms with Gasteiger partial charge in [-0.2, -0.15) is 0 Å². The number of rotatable bonds is 10. The number of aliphatic hydroxyl groups excluding tert-OH is 1.